The van der Waals surface area contributed by atoms with Gasteiger partial charge in [-0.1, -0.05) is 49.7 Å². The van der Waals surface area contributed by atoms with Crippen LogP contribution >= 0.6 is 35.2 Å². The summed E-state index contributed by atoms with van der Waals surface area (Å²) in [7, 11) is 0. The number of aromatic nitrogens is 1. The third kappa shape index (κ3) is 12.1. The third-order valence-corrected chi connectivity index (χ3v) is 13.1. The SMILES string of the molecule is Cc1ncsc1-c1ccc(CNC(=O)[C@@H]2C[C@@H](O)CN2C(=O)[C@@H](NC(=O)COCCCOCCCCOc2ccc(N3C(=S)N(c4ccc(C#N)c(Cl)c4)C(=O)C3(C)C)cc2)C(C)C)cc1. The fourth-order valence-electron chi connectivity index (χ4n) is 7.78. The molecule has 2 aliphatic rings. The number of rotatable bonds is 21. The predicted molar refractivity (Wildman–Crippen MR) is 257 cm³/mol. The van der Waals surface area contributed by atoms with Gasteiger partial charge >= 0.3 is 0 Å². The van der Waals surface area contributed by atoms with Gasteiger partial charge in [0, 0.05) is 45.0 Å². The minimum absolute atomic E-state index is 0.00470. The van der Waals surface area contributed by atoms with Crippen molar-refractivity contribution in [1.29, 1.82) is 5.26 Å². The summed E-state index contributed by atoms with van der Waals surface area (Å²) in [5, 5.41) is 26.0. The molecule has 2 fully saturated rings. The Hall–Kier alpha value is -5.48. The molecule has 66 heavy (non-hydrogen) atoms. The molecule has 3 heterocycles. The molecule has 4 aromatic rings. The Bertz CT molecular complexity index is 2410. The monoisotopic (exact) mass is 957 g/mol. The highest BCUT2D eigenvalue weighted by Gasteiger charge is 2.50. The van der Waals surface area contributed by atoms with Crippen LogP contribution in [0.15, 0.2) is 72.2 Å². The fourth-order valence-corrected chi connectivity index (χ4v) is 9.33. The van der Waals surface area contributed by atoms with Gasteiger partial charge in [0.1, 0.15) is 36.0 Å². The predicted octanol–water partition coefficient (Wildman–Crippen LogP) is 6.56. The molecule has 3 aromatic carbocycles. The molecule has 0 aliphatic carbocycles. The normalized spacial score (nSPS) is 17.3. The molecule has 15 nitrogen and oxygen atoms in total. The number of carbonyl (C=O) groups excluding carboxylic acids is 4. The number of amides is 4. The summed E-state index contributed by atoms with van der Waals surface area (Å²) in [6, 6.07) is 20.3. The molecule has 3 atom stereocenters. The standard InChI is InChI=1S/C48H56ClN7O8S2/c1-30(2)42(45(60)54-27-37(57)24-40(54)44(59)51-26-32-9-11-33(12-10-32)43-31(3)52-29-66-43)53-41(58)28-63-21-8-20-62-19-6-7-22-64-38-17-15-35(16-18-38)56-47(65)55(46(61)48(56,4)5)36-14-13-34(25-50)39(49)23-36/h9-18,23,29-30,37,40,42,57H,6-8,19-22,24,26-28H2,1-5H3,(H,51,59)(H,53,58)/t37-,40+,42+/m1/s1. The van der Waals surface area contributed by atoms with Crippen molar-refractivity contribution in [1.82, 2.24) is 20.5 Å². The summed E-state index contributed by atoms with van der Waals surface area (Å²) >= 11 is 13.6. The van der Waals surface area contributed by atoms with E-state index < -0.39 is 35.5 Å². The molecule has 0 spiro atoms. The van der Waals surface area contributed by atoms with Gasteiger partial charge in [-0.3, -0.25) is 24.1 Å². The highest BCUT2D eigenvalue weighted by Crippen LogP contribution is 2.38. The summed E-state index contributed by atoms with van der Waals surface area (Å²) < 4.78 is 17.3. The largest absolute Gasteiger partial charge is 0.494 e. The fraction of sp³-hybridized carbons (Fsp3) is 0.438. The number of carbonyl (C=O) groups is 4. The first-order valence-corrected chi connectivity index (χ1v) is 23.6. The van der Waals surface area contributed by atoms with Gasteiger partial charge in [0.15, 0.2) is 5.11 Å². The number of nitrogens with one attached hydrogen (secondary N) is 2. The molecule has 350 valence electrons. The van der Waals surface area contributed by atoms with Crippen LogP contribution < -0.4 is 25.2 Å². The number of thiocarbonyl (C=S) groups is 1. The Balaban J connectivity index is 0.843. The van der Waals surface area contributed by atoms with E-state index in [-0.39, 0.29) is 55.5 Å². The second-order valence-electron chi connectivity index (χ2n) is 17.0. The number of aryl methyl sites for hydroxylation is 1. The summed E-state index contributed by atoms with van der Waals surface area (Å²) in [6.07, 6.45) is 1.36. The lowest BCUT2D eigenvalue weighted by Gasteiger charge is -2.30. The number of anilines is 2. The maximum atomic E-state index is 13.7. The first kappa shape index (κ1) is 49.9. The van der Waals surface area contributed by atoms with E-state index in [1.165, 1.54) is 9.80 Å². The van der Waals surface area contributed by atoms with Gasteiger partial charge < -0.3 is 39.8 Å². The molecule has 3 N–H and O–H groups in total. The van der Waals surface area contributed by atoms with Gasteiger partial charge in [0.05, 0.1) is 45.1 Å². The van der Waals surface area contributed by atoms with Crippen molar-refractivity contribution >= 4 is 75.3 Å². The third-order valence-electron chi connectivity index (χ3n) is 11.4. The van der Waals surface area contributed by atoms with E-state index in [2.05, 4.69) is 15.6 Å². The average molecular weight is 959 g/mol. The number of nitriles is 1. The number of nitrogens with zero attached hydrogens (tertiary/aromatic N) is 5. The molecule has 2 saturated heterocycles. The molecule has 0 unspecified atom stereocenters. The van der Waals surface area contributed by atoms with Crippen molar-refractivity contribution in [3.05, 3.63) is 94.1 Å². The average Bonchev–Trinajstić information content (AvgIpc) is 3.96. The zero-order chi connectivity index (χ0) is 47.5. The number of benzene rings is 3. The summed E-state index contributed by atoms with van der Waals surface area (Å²) in [6.45, 7) is 11.0. The first-order chi connectivity index (χ1) is 31.6. The minimum atomic E-state index is -0.967. The van der Waals surface area contributed by atoms with Crippen LogP contribution in [0.4, 0.5) is 11.4 Å². The second kappa shape index (κ2) is 22.8. The van der Waals surface area contributed by atoms with Gasteiger partial charge in [-0.2, -0.15) is 5.26 Å². The van der Waals surface area contributed by atoms with Crippen molar-refractivity contribution in [2.75, 3.05) is 49.4 Å². The van der Waals surface area contributed by atoms with Crippen LogP contribution in [0, 0.1) is 24.2 Å². The lowest BCUT2D eigenvalue weighted by atomic mass is 10.0. The van der Waals surface area contributed by atoms with Gasteiger partial charge in [-0.25, -0.2) is 4.98 Å². The number of aliphatic hydroxyl groups is 1. The molecule has 18 heteroatoms. The molecule has 0 radical (unpaired) electrons. The Kier molecular flexibility index (Phi) is 17.3. The van der Waals surface area contributed by atoms with Crippen LogP contribution in [0.1, 0.15) is 70.2 Å². The van der Waals surface area contributed by atoms with Gasteiger partial charge in [-0.15, -0.1) is 11.3 Å². The number of β-amino-alcohol motifs (C(OH)–C–C–N with tert-alkyl or cyclic N) is 1. The topological polar surface area (TPSA) is 187 Å². The highest BCUT2D eigenvalue weighted by atomic mass is 35.5. The number of ether oxygens (including phenoxy) is 3. The van der Waals surface area contributed by atoms with E-state index in [4.69, 9.17) is 38.0 Å². The van der Waals surface area contributed by atoms with Crippen LogP contribution in [0.25, 0.3) is 10.4 Å². The number of aliphatic hydroxyl groups excluding tert-OH is 1. The Morgan fingerprint density at radius 3 is 2.35 bits per heavy atom. The van der Waals surface area contributed by atoms with Gasteiger partial charge in [0.25, 0.3) is 5.91 Å². The number of halogens is 1. The van der Waals surface area contributed by atoms with Crippen molar-refractivity contribution in [2.24, 2.45) is 5.92 Å². The lowest BCUT2D eigenvalue weighted by molar-refractivity contribution is -0.143. The Morgan fingerprint density at radius 1 is 1.00 bits per heavy atom. The van der Waals surface area contributed by atoms with Gasteiger partial charge in [0.2, 0.25) is 17.7 Å². The quantitative estimate of drug-likeness (QED) is 0.0604. The molecular formula is C48H56ClN7O8S2. The van der Waals surface area contributed by atoms with Crippen LogP contribution in [0.2, 0.25) is 5.02 Å². The van der Waals surface area contributed by atoms with Crippen molar-refractivity contribution in [3.8, 4) is 22.3 Å². The zero-order valence-electron chi connectivity index (χ0n) is 37.8. The van der Waals surface area contributed by atoms with E-state index in [9.17, 15) is 29.5 Å². The highest BCUT2D eigenvalue weighted by molar-refractivity contribution is 7.81. The summed E-state index contributed by atoms with van der Waals surface area (Å²) in [4.78, 5) is 63.4. The summed E-state index contributed by atoms with van der Waals surface area (Å²) in [5.74, 6) is -1.07. The number of unbranched alkanes of at least 4 members (excludes halogenated alkanes) is 1. The molecular weight excluding hydrogens is 902 g/mol. The Morgan fingerprint density at radius 2 is 1.68 bits per heavy atom. The summed E-state index contributed by atoms with van der Waals surface area (Å²) in [5.41, 5.74) is 5.28. The smallest absolute Gasteiger partial charge is 0.259 e. The van der Waals surface area contributed by atoms with E-state index in [1.54, 1.807) is 48.3 Å². The van der Waals surface area contributed by atoms with Crippen molar-refractivity contribution < 1.29 is 38.5 Å². The molecule has 1 aromatic heterocycles. The zero-order valence-corrected chi connectivity index (χ0v) is 40.1. The number of thiazole rings is 1. The molecule has 6 rings (SSSR count). The van der Waals surface area contributed by atoms with Crippen LogP contribution in [-0.4, -0.2) is 107 Å². The number of hydrogen-bond donors (Lipinski definition) is 3. The van der Waals surface area contributed by atoms with E-state index in [0.29, 0.717) is 48.4 Å². The maximum Gasteiger partial charge on any atom is 0.259 e. The van der Waals surface area contributed by atoms with Crippen LogP contribution in [0.3, 0.4) is 0 Å². The van der Waals surface area contributed by atoms with E-state index >= 15 is 0 Å². The molecule has 0 bridgehead atoms. The van der Waals surface area contributed by atoms with Crippen molar-refractivity contribution in [2.45, 2.75) is 90.6 Å². The number of hydrogen-bond acceptors (Lipinski definition) is 12. The Labute approximate surface area is 400 Å². The molecule has 4 amide bonds. The lowest BCUT2D eigenvalue weighted by Crippen LogP contribution is -2.55. The first-order valence-electron chi connectivity index (χ1n) is 21.9. The van der Waals surface area contributed by atoms with E-state index in [1.807, 2.05) is 80.9 Å². The van der Waals surface area contributed by atoms with Crippen LogP contribution in [-0.2, 0) is 35.2 Å². The van der Waals surface area contributed by atoms with Gasteiger partial charge in [-0.05, 0) is 112 Å². The molecule has 0 saturated carbocycles. The minimum Gasteiger partial charge on any atom is -0.494 e. The maximum absolute atomic E-state index is 13.7. The van der Waals surface area contributed by atoms with Crippen molar-refractivity contribution in [3.63, 3.8) is 0 Å². The van der Waals surface area contributed by atoms with Crippen LogP contribution in [0.5, 0.6) is 5.75 Å². The number of likely N-dealkylation sites (tertiary alicyclic amines) is 1. The molecule has 2 aliphatic heterocycles. The second-order valence-corrected chi connectivity index (χ2v) is 18.7. The van der Waals surface area contributed by atoms with E-state index in [0.717, 1.165) is 40.2 Å².